The van der Waals surface area contributed by atoms with E-state index in [1.165, 1.54) is 12.1 Å². The van der Waals surface area contributed by atoms with Crippen molar-refractivity contribution in [3.8, 4) is 0 Å². The zero-order valence-corrected chi connectivity index (χ0v) is 10.8. The van der Waals surface area contributed by atoms with Gasteiger partial charge in [0.25, 0.3) is 0 Å². The van der Waals surface area contributed by atoms with Gasteiger partial charge in [-0.25, -0.2) is 0 Å². The molecule has 0 bridgehead atoms. The first-order chi connectivity index (χ1) is 8.70. The normalized spacial score (nSPS) is 21.1. The second-order valence-corrected chi connectivity index (χ2v) is 5.50. The Labute approximate surface area is 110 Å². The van der Waals surface area contributed by atoms with Gasteiger partial charge in [0.15, 0.2) is 5.78 Å². The Kier molecular flexibility index (Phi) is 3.29. The molecule has 19 heavy (non-hydrogen) atoms. The van der Waals surface area contributed by atoms with Gasteiger partial charge in [0.05, 0.1) is 5.56 Å². The molecule has 0 N–H and O–H groups in total. The van der Waals surface area contributed by atoms with Crippen molar-refractivity contribution in [3.63, 3.8) is 0 Å². The van der Waals surface area contributed by atoms with Gasteiger partial charge in [-0.3, -0.25) is 4.79 Å². The number of ketones is 1. The molecule has 1 fully saturated rings. The number of alkyl halides is 3. The van der Waals surface area contributed by atoms with Crippen molar-refractivity contribution >= 4 is 11.9 Å². The van der Waals surface area contributed by atoms with Crippen LogP contribution in [0.3, 0.4) is 0 Å². The number of carbonyl (C=O) groups is 1. The van der Waals surface area contributed by atoms with E-state index in [-0.39, 0.29) is 11.2 Å². The van der Waals surface area contributed by atoms with Gasteiger partial charge in [0.2, 0.25) is 0 Å². The van der Waals surface area contributed by atoms with E-state index < -0.39 is 11.7 Å². The van der Waals surface area contributed by atoms with E-state index in [1.807, 2.05) is 13.8 Å². The Morgan fingerprint density at radius 2 is 1.74 bits per heavy atom. The van der Waals surface area contributed by atoms with Crippen LogP contribution in [0, 0.1) is 5.41 Å². The fraction of sp³-hybridized carbons (Fsp3) is 0.400. The van der Waals surface area contributed by atoms with Crippen LogP contribution < -0.4 is 0 Å². The largest absolute Gasteiger partial charge is 0.416 e. The van der Waals surface area contributed by atoms with Crippen molar-refractivity contribution in [3.05, 3.63) is 41.0 Å². The fourth-order valence-corrected chi connectivity index (χ4v) is 2.22. The number of allylic oxidation sites excluding steroid dienone is 1. The van der Waals surface area contributed by atoms with Crippen LogP contribution in [-0.4, -0.2) is 5.78 Å². The van der Waals surface area contributed by atoms with Gasteiger partial charge in [-0.15, -0.1) is 0 Å². The lowest BCUT2D eigenvalue weighted by atomic mass is 9.90. The van der Waals surface area contributed by atoms with E-state index in [9.17, 15) is 18.0 Å². The number of halogens is 3. The molecule has 0 spiro atoms. The SMILES string of the molecule is CC1(C)CC/C(=C\c2ccc(C(F)(F)F)cc2)C1=O. The lowest BCUT2D eigenvalue weighted by Crippen LogP contribution is -2.17. The lowest BCUT2D eigenvalue weighted by Gasteiger charge is -2.12. The molecule has 102 valence electrons. The molecule has 0 aromatic heterocycles. The van der Waals surface area contributed by atoms with Crippen molar-refractivity contribution in [2.75, 3.05) is 0 Å². The third-order valence-corrected chi connectivity index (χ3v) is 3.50. The van der Waals surface area contributed by atoms with Gasteiger partial charge in [0.1, 0.15) is 0 Å². The summed E-state index contributed by atoms with van der Waals surface area (Å²) in [6, 6.07) is 4.87. The molecule has 0 unspecified atom stereocenters. The topological polar surface area (TPSA) is 17.1 Å². The maximum Gasteiger partial charge on any atom is 0.416 e. The van der Waals surface area contributed by atoms with E-state index in [2.05, 4.69) is 0 Å². The van der Waals surface area contributed by atoms with E-state index in [0.717, 1.165) is 18.6 Å². The van der Waals surface area contributed by atoms with Crippen LogP contribution in [0.5, 0.6) is 0 Å². The smallest absolute Gasteiger partial charge is 0.294 e. The molecule has 1 aliphatic rings. The maximum atomic E-state index is 12.4. The Morgan fingerprint density at radius 1 is 1.16 bits per heavy atom. The highest BCUT2D eigenvalue weighted by molar-refractivity contribution is 6.05. The summed E-state index contributed by atoms with van der Waals surface area (Å²) in [5.74, 6) is 0.0902. The molecule has 1 saturated carbocycles. The van der Waals surface area contributed by atoms with E-state index in [1.54, 1.807) is 6.08 Å². The quantitative estimate of drug-likeness (QED) is 0.686. The molecule has 4 heteroatoms. The average molecular weight is 268 g/mol. The molecular weight excluding hydrogens is 253 g/mol. The molecule has 0 amide bonds. The number of carbonyl (C=O) groups excluding carboxylic acids is 1. The predicted octanol–water partition coefficient (Wildman–Crippen LogP) is 4.48. The van der Waals surface area contributed by atoms with Crippen LogP contribution in [0.4, 0.5) is 13.2 Å². The van der Waals surface area contributed by atoms with Crippen LogP contribution in [0.25, 0.3) is 6.08 Å². The molecular formula is C15H15F3O. The molecule has 0 radical (unpaired) electrons. The second-order valence-electron chi connectivity index (χ2n) is 5.50. The molecule has 1 aromatic rings. The van der Waals surface area contributed by atoms with Crippen LogP contribution in [-0.2, 0) is 11.0 Å². The highest BCUT2D eigenvalue weighted by Crippen LogP contribution is 2.38. The van der Waals surface area contributed by atoms with Crippen molar-refractivity contribution in [2.24, 2.45) is 5.41 Å². The Morgan fingerprint density at radius 3 is 2.16 bits per heavy atom. The molecule has 0 saturated heterocycles. The number of hydrogen-bond acceptors (Lipinski definition) is 1. The zero-order valence-electron chi connectivity index (χ0n) is 10.8. The van der Waals surface area contributed by atoms with Gasteiger partial charge in [-0.1, -0.05) is 26.0 Å². The third-order valence-electron chi connectivity index (χ3n) is 3.50. The maximum absolute atomic E-state index is 12.4. The predicted molar refractivity (Wildman–Crippen MR) is 67.4 cm³/mol. The van der Waals surface area contributed by atoms with Crippen LogP contribution in [0.15, 0.2) is 29.8 Å². The molecule has 2 rings (SSSR count). The van der Waals surface area contributed by atoms with Crippen molar-refractivity contribution in [2.45, 2.75) is 32.9 Å². The minimum Gasteiger partial charge on any atom is -0.294 e. The van der Waals surface area contributed by atoms with E-state index in [4.69, 9.17) is 0 Å². The molecule has 1 aliphatic carbocycles. The van der Waals surface area contributed by atoms with Gasteiger partial charge >= 0.3 is 6.18 Å². The second kappa shape index (κ2) is 4.51. The van der Waals surface area contributed by atoms with Crippen molar-refractivity contribution in [1.82, 2.24) is 0 Å². The first-order valence-corrected chi connectivity index (χ1v) is 6.13. The Bertz CT molecular complexity index is 521. The zero-order chi connectivity index (χ0) is 14.3. The van der Waals surface area contributed by atoms with Crippen molar-refractivity contribution < 1.29 is 18.0 Å². The monoisotopic (exact) mass is 268 g/mol. The first-order valence-electron chi connectivity index (χ1n) is 6.13. The van der Waals surface area contributed by atoms with Crippen LogP contribution in [0.2, 0.25) is 0 Å². The highest BCUT2D eigenvalue weighted by atomic mass is 19.4. The summed E-state index contributed by atoms with van der Waals surface area (Å²) in [4.78, 5) is 12.0. The van der Waals surface area contributed by atoms with Crippen molar-refractivity contribution in [1.29, 1.82) is 0 Å². The summed E-state index contributed by atoms with van der Waals surface area (Å²) in [5.41, 5.74) is 0.309. The molecule has 0 aliphatic heterocycles. The van der Waals surface area contributed by atoms with Gasteiger partial charge < -0.3 is 0 Å². The molecule has 1 nitrogen and oxygen atoms in total. The summed E-state index contributed by atoms with van der Waals surface area (Å²) in [6.45, 7) is 3.78. The third kappa shape index (κ3) is 2.88. The number of rotatable bonds is 1. The van der Waals surface area contributed by atoms with E-state index in [0.29, 0.717) is 17.6 Å². The van der Waals surface area contributed by atoms with Crippen LogP contribution >= 0.6 is 0 Å². The van der Waals surface area contributed by atoms with Gasteiger partial charge in [-0.05, 0) is 42.2 Å². The number of Topliss-reactive ketones (excluding diaryl/α,β-unsaturated/α-hetero) is 1. The lowest BCUT2D eigenvalue weighted by molar-refractivity contribution is -0.137. The summed E-state index contributed by atoms with van der Waals surface area (Å²) < 4.78 is 37.3. The fourth-order valence-electron chi connectivity index (χ4n) is 2.22. The number of benzene rings is 1. The minimum absolute atomic E-state index is 0.0902. The van der Waals surface area contributed by atoms with Crippen LogP contribution in [0.1, 0.15) is 37.8 Å². The molecule has 0 atom stereocenters. The Balaban J connectivity index is 2.24. The summed E-state index contributed by atoms with van der Waals surface area (Å²) in [6.07, 6.45) is -1.15. The summed E-state index contributed by atoms with van der Waals surface area (Å²) in [5, 5.41) is 0. The summed E-state index contributed by atoms with van der Waals surface area (Å²) in [7, 11) is 0. The average Bonchev–Trinajstić information content (AvgIpc) is 2.56. The standard InChI is InChI=1S/C15H15F3O/c1-14(2)8-7-11(13(14)19)9-10-3-5-12(6-4-10)15(16,17)18/h3-6,9H,7-8H2,1-2H3/b11-9+. The summed E-state index contributed by atoms with van der Waals surface area (Å²) >= 11 is 0. The highest BCUT2D eigenvalue weighted by Gasteiger charge is 2.36. The van der Waals surface area contributed by atoms with E-state index >= 15 is 0 Å². The Hall–Kier alpha value is -1.58. The first kappa shape index (κ1) is 13.8. The minimum atomic E-state index is -4.32. The number of hydrogen-bond donors (Lipinski definition) is 0. The van der Waals surface area contributed by atoms with Gasteiger partial charge in [0, 0.05) is 5.41 Å². The molecule has 1 aromatic carbocycles. The van der Waals surface area contributed by atoms with Gasteiger partial charge in [-0.2, -0.15) is 13.2 Å². The molecule has 0 heterocycles.